The van der Waals surface area contributed by atoms with E-state index in [-0.39, 0.29) is 5.91 Å². The Hall–Kier alpha value is -2.86. The molecular formula is C19H15BrN4O. The van der Waals surface area contributed by atoms with Gasteiger partial charge < -0.3 is 9.88 Å². The first-order valence-corrected chi connectivity index (χ1v) is 8.57. The molecule has 4 aromatic rings. The molecule has 5 nitrogen and oxygen atoms in total. The summed E-state index contributed by atoms with van der Waals surface area (Å²) in [6, 6.07) is 15.2. The SMILES string of the molecule is Cn1ccc2c(NC(=O)c3ccc(-n4cc(Br)cn4)cc3)cccc21. The summed E-state index contributed by atoms with van der Waals surface area (Å²) in [7, 11) is 1.99. The molecule has 1 amide bonds. The minimum Gasteiger partial charge on any atom is -0.350 e. The average molecular weight is 395 g/mol. The van der Waals surface area contributed by atoms with Crippen LogP contribution in [0, 0.1) is 0 Å². The van der Waals surface area contributed by atoms with Crippen LogP contribution in [0.2, 0.25) is 0 Å². The van der Waals surface area contributed by atoms with Crippen LogP contribution in [0.1, 0.15) is 10.4 Å². The molecule has 0 aliphatic heterocycles. The third-order valence-corrected chi connectivity index (χ3v) is 4.53. The molecule has 25 heavy (non-hydrogen) atoms. The van der Waals surface area contributed by atoms with Crippen molar-refractivity contribution in [3.05, 3.63) is 77.2 Å². The van der Waals surface area contributed by atoms with Crippen LogP contribution >= 0.6 is 15.9 Å². The Morgan fingerprint density at radius 1 is 1.12 bits per heavy atom. The number of benzene rings is 2. The van der Waals surface area contributed by atoms with Crippen molar-refractivity contribution in [1.29, 1.82) is 0 Å². The second-order valence-corrected chi connectivity index (χ2v) is 6.68. The Morgan fingerprint density at radius 2 is 1.92 bits per heavy atom. The maximum atomic E-state index is 12.6. The van der Waals surface area contributed by atoms with E-state index >= 15 is 0 Å². The summed E-state index contributed by atoms with van der Waals surface area (Å²) < 4.78 is 4.68. The number of aryl methyl sites for hydroxylation is 1. The van der Waals surface area contributed by atoms with Crippen molar-refractivity contribution in [1.82, 2.24) is 14.3 Å². The van der Waals surface area contributed by atoms with Gasteiger partial charge in [-0.2, -0.15) is 5.10 Å². The summed E-state index contributed by atoms with van der Waals surface area (Å²) in [6.07, 6.45) is 5.57. The van der Waals surface area contributed by atoms with Crippen LogP contribution in [0.5, 0.6) is 0 Å². The van der Waals surface area contributed by atoms with E-state index < -0.39 is 0 Å². The molecule has 0 bridgehead atoms. The summed E-state index contributed by atoms with van der Waals surface area (Å²) >= 11 is 3.38. The first-order valence-electron chi connectivity index (χ1n) is 7.78. The maximum Gasteiger partial charge on any atom is 0.255 e. The predicted molar refractivity (Wildman–Crippen MR) is 102 cm³/mol. The van der Waals surface area contributed by atoms with E-state index in [9.17, 15) is 4.79 Å². The number of nitrogens with zero attached hydrogens (tertiary/aromatic N) is 3. The fourth-order valence-corrected chi connectivity index (χ4v) is 3.10. The van der Waals surface area contributed by atoms with Crippen LogP contribution in [0.15, 0.2) is 71.6 Å². The molecule has 0 spiro atoms. The summed E-state index contributed by atoms with van der Waals surface area (Å²) in [5.41, 5.74) is 3.39. The summed E-state index contributed by atoms with van der Waals surface area (Å²) in [5.74, 6) is -0.135. The molecule has 2 aromatic carbocycles. The quantitative estimate of drug-likeness (QED) is 0.560. The fourth-order valence-electron chi connectivity index (χ4n) is 2.81. The topological polar surface area (TPSA) is 51.9 Å². The molecule has 124 valence electrons. The minimum atomic E-state index is -0.135. The molecule has 0 radical (unpaired) electrons. The number of nitrogens with one attached hydrogen (secondary N) is 1. The molecule has 0 unspecified atom stereocenters. The number of anilines is 1. The van der Waals surface area contributed by atoms with Gasteiger partial charge in [0.05, 0.1) is 22.0 Å². The monoisotopic (exact) mass is 394 g/mol. The van der Waals surface area contributed by atoms with Crippen molar-refractivity contribution in [2.24, 2.45) is 7.05 Å². The zero-order valence-electron chi connectivity index (χ0n) is 13.5. The molecule has 2 aromatic heterocycles. The van der Waals surface area contributed by atoms with Crippen LogP contribution in [0.25, 0.3) is 16.6 Å². The highest BCUT2D eigenvalue weighted by Crippen LogP contribution is 2.24. The van der Waals surface area contributed by atoms with Gasteiger partial charge in [0, 0.05) is 35.9 Å². The number of hydrogen-bond donors (Lipinski definition) is 1. The first-order chi connectivity index (χ1) is 12.1. The van der Waals surface area contributed by atoms with Gasteiger partial charge in [0.15, 0.2) is 0 Å². The van der Waals surface area contributed by atoms with Crippen molar-refractivity contribution >= 4 is 38.4 Å². The summed E-state index contributed by atoms with van der Waals surface area (Å²) in [4.78, 5) is 12.6. The van der Waals surface area contributed by atoms with Gasteiger partial charge in [-0.25, -0.2) is 4.68 Å². The van der Waals surface area contributed by atoms with E-state index in [1.165, 1.54) is 0 Å². The van der Waals surface area contributed by atoms with E-state index in [1.807, 2.05) is 60.4 Å². The lowest BCUT2D eigenvalue weighted by atomic mass is 10.1. The lowest BCUT2D eigenvalue weighted by Crippen LogP contribution is -2.12. The van der Waals surface area contributed by atoms with Crippen LogP contribution in [0.3, 0.4) is 0 Å². The number of rotatable bonds is 3. The number of fused-ring (bicyclic) bond motifs is 1. The van der Waals surface area contributed by atoms with E-state index in [4.69, 9.17) is 0 Å². The molecule has 0 saturated heterocycles. The number of hydrogen-bond acceptors (Lipinski definition) is 2. The highest BCUT2D eigenvalue weighted by Gasteiger charge is 2.10. The van der Waals surface area contributed by atoms with E-state index in [2.05, 4.69) is 26.3 Å². The van der Waals surface area contributed by atoms with E-state index in [0.717, 1.165) is 26.8 Å². The second kappa shape index (κ2) is 6.22. The normalized spacial score (nSPS) is 11.0. The van der Waals surface area contributed by atoms with Crippen LogP contribution < -0.4 is 5.32 Å². The Bertz CT molecular complexity index is 1060. The van der Waals surface area contributed by atoms with Crippen molar-refractivity contribution in [3.8, 4) is 5.69 Å². The third-order valence-electron chi connectivity index (χ3n) is 4.12. The van der Waals surface area contributed by atoms with Crippen molar-refractivity contribution in [2.75, 3.05) is 5.32 Å². The van der Waals surface area contributed by atoms with Crippen LogP contribution in [-0.2, 0) is 7.05 Å². The predicted octanol–water partition coefficient (Wildman–Crippen LogP) is 4.38. The van der Waals surface area contributed by atoms with Crippen molar-refractivity contribution < 1.29 is 4.79 Å². The van der Waals surface area contributed by atoms with Gasteiger partial charge in [-0.15, -0.1) is 0 Å². The molecule has 0 saturated carbocycles. The number of carbonyl (C=O) groups is 1. The Balaban J connectivity index is 1.58. The van der Waals surface area contributed by atoms with Crippen LogP contribution in [0.4, 0.5) is 5.69 Å². The number of carbonyl (C=O) groups excluding carboxylic acids is 1. The molecule has 1 N–H and O–H groups in total. The zero-order chi connectivity index (χ0) is 17.4. The van der Waals surface area contributed by atoms with E-state index in [0.29, 0.717) is 5.56 Å². The fraction of sp³-hybridized carbons (Fsp3) is 0.0526. The highest BCUT2D eigenvalue weighted by atomic mass is 79.9. The lowest BCUT2D eigenvalue weighted by Gasteiger charge is -2.08. The van der Waals surface area contributed by atoms with Gasteiger partial charge in [0.2, 0.25) is 0 Å². The Labute approximate surface area is 153 Å². The standard InChI is InChI=1S/C19H15BrN4O/c1-23-10-9-16-17(3-2-4-18(16)23)22-19(25)13-5-7-15(8-6-13)24-12-14(20)11-21-24/h2-12H,1H3,(H,22,25). The van der Waals surface area contributed by atoms with Crippen molar-refractivity contribution in [3.63, 3.8) is 0 Å². The van der Waals surface area contributed by atoms with Gasteiger partial charge in [0.25, 0.3) is 5.91 Å². The largest absolute Gasteiger partial charge is 0.350 e. The minimum absolute atomic E-state index is 0.135. The molecule has 2 heterocycles. The smallest absolute Gasteiger partial charge is 0.255 e. The van der Waals surface area contributed by atoms with E-state index in [1.54, 1.807) is 23.0 Å². The lowest BCUT2D eigenvalue weighted by molar-refractivity contribution is 0.102. The van der Waals surface area contributed by atoms with Gasteiger partial charge in [-0.1, -0.05) is 6.07 Å². The summed E-state index contributed by atoms with van der Waals surface area (Å²) in [6.45, 7) is 0. The van der Waals surface area contributed by atoms with Gasteiger partial charge in [-0.3, -0.25) is 4.79 Å². The molecule has 0 atom stereocenters. The zero-order valence-corrected chi connectivity index (χ0v) is 15.1. The summed E-state index contributed by atoms with van der Waals surface area (Å²) in [5, 5.41) is 8.25. The molecule has 6 heteroatoms. The molecule has 0 fully saturated rings. The van der Waals surface area contributed by atoms with Gasteiger partial charge in [-0.05, 0) is 58.4 Å². The van der Waals surface area contributed by atoms with Gasteiger partial charge >= 0.3 is 0 Å². The molecular weight excluding hydrogens is 380 g/mol. The highest BCUT2D eigenvalue weighted by molar-refractivity contribution is 9.10. The van der Waals surface area contributed by atoms with Crippen LogP contribution in [-0.4, -0.2) is 20.3 Å². The number of amides is 1. The molecule has 4 rings (SSSR count). The van der Waals surface area contributed by atoms with Crippen molar-refractivity contribution in [2.45, 2.75) is 0 Å². The maximum absolute atomic E-state index is 12.6. The average Bonchev–Trinajstić information content (AvgIpc) is 3.22. The first kappa shape index (κ1) is 15.7. The van der Waals surface area contributed by atoms with Gasteiger partial charge in [0.1, 0.15) is 0 Å². The molecule has 0 aliphatic carbocycles. The second-order valence-electron chi connectivity index (χ2n) is 5.77. The Kier molecular flexibility index (Phi) is 3.89. The Morgan fingerprint density at radius 3 is 2.64 bits per heavy atom. The number of aromatic nitrogens is 3. The molecule has 0 aliphatic rings. The third kappa shape index (κ3) is 2.96. The number of halogens is 1.